The maximum Gasteiger partial charge on any atom is 0.337 e. The van der Waals surface area contributed by atoms with Crippen LogP contribution in [0.5, 0.6) is 0 Å². The highest BCUT2D eigenvalue weighted by molar-refractivity contribution is 5.93. The van der Waals surface area contributed by atoms with Gasteiger partial charge in [0.05, 0.1) is 12.7 Å². The van der Waals surface area contributed by atoms with Gasteiger partial charge in [-0.3, -0.25) is 4.79 Å². The zero-order valence-electron chi connectivity index (χ0n) is 13.7. The van der Waals surface area contributed by atoms with Gasteiger partial charge in [-0.2, -0.15) is 0 Å². The molecule has 8 heteroatoms. The smallest absolute Gasteiger partial charge is 0.337 e. The minimum Gasteiger partial charge on any atom is -0.465 e. The van der Waals surface area contributed by atoms with Crippen molar-refractivity contribution in [2.24, 2.45) is 0 Å². The molecule has 3 rings (SSSR count). The molecule has 2 aromatic carbocycles. The molecule has 0 spiro atoms. The molecule has 0 unspecified atom stereocenters. The van der Waals surface area contributed by atoms with E-state index < -0.39 is 5.97 Å². The first-order valence-corrected chi connectivity index (χ1v) is 7.50. The molecule has 0 radical (unpaired) electrons. The predicted molar refractivity (Wildman–Crippen MR) is 90.1 cm³/mol. The highest BCUT2D eigenvalue weighted by Gasteiger charge is 2.12. The summed E-state index contributed by atoms with van der Waals surface area (Å²) >= 11 is 0. The minimum absolute atomic E-state index is 0.255. The quantitative estimate of drug-likeness (QED) is 0.709. The monoisotopic (exact) mass is 340 g/mol. The number of carbonyl (C=O) groups is 2. The van der Waals surface area contributed by atoms with Crippen molar-refractivity contribution in [3.05, 3.63) is 53.6 Å². The average Bonchev–Trinajstić information content (AvgIpc) is 3.03. The van der Waals surface area contributed by atoms with E-state index in [1.54, 1.807) is 30.3 Å². The van der Waals surface area contributed by atoms with Crippen LogP contribution in [-0.4, -0.2) is 40.8 Å². The summed E-state index contributed by atoms with van der Waals surface area (Å²) < 4.78 is 4.68. The molecule has 0 saturated carbocycles. The molecule has 0 aliphatic carbocycles. The van der Waals surface area contributed by atoms with Gasteiger partial charge in [0.2, 0.25) is 0 Å². The number of anilines is 1. The Morgan fingerprint density at radius 1 is 1.16 bits per heavy atom. The largest absolute Gasteiger partial charge is 0.465 e. The van der Waals surface area contributed by atoms with Gasteiger partial charge in [0.1, 0.15) is 11.0 Å². The number of amides is 1. The lowest BCUT2D eigenvalue weighted by molar-refractivity contribution is -0.121. The van der Waals surface area contributed by atoms with Gasteiger partial charge in [-0.05, 0) is 42.5 Å². The SMILES string of the molecule is COC(=O)c1ccc2nnn(OCC(=O)Nc3ccc(C)cc3)c2c1. The first-order chi connectivity index (χ1) is 12.1. The highest BCUT2D eigenvalue weighted by Crippen LogP contribution is 2.13. The summed E-state index contributed by atoms with van der Waals surface area (Å²) in [5.74, 6) is -0.816. The Labute approximate surface area is 143 Å². The highest BCUT2D eigenvalue weighted by atomic mass is 16.7. The minimum atomic E-state index is -0.480. The van der Waals surface area contributed by atoms with E-state index in [1.165, 1.54) is 7.11 Å². The Kier molecular flexibility index (Phi) is 4.60. The van der Waals surface area contributed by atoms with Gasteiger partial charge in [0.25, 0.3) is 5.91 Å². The van der Waals surface area contributed by atoms with Crippen LogP contribution in [0.2, 0.25) is 0 Å². The van der Waals surface area contributed by atoms with Crippen molar-refractivity contribution in [2.75, 3.05) is 19.0 Å². The summed E-state index contributed by atoms with van der Waals surface area (Å²) in [5, 5.41) is 10.5. The summed E-state index contributed by atoms with van der Waals surface area (Å²) in [6, 6.07) is 12.2. The van der Waals surface area contributed by atoms with E-state index in [0.29, 0.717) is 22.3 Å². The fourth-order valence-electron chi connectivity index (χ4n) is 2.19. The number of nitrogens with one attached hydrogen (secondary N) is 1. The average molecular weight is 340 g/mol. The first-order valence-electron chi connectivity index (χ1n) is 7.50. The maximum absolute atomic E-state index is 12.0. The Morgan fingerprint density at radius 3 is 2.64 bits per heavy atom. The molecule has 128 valence electrons. The Bertz CT molecular complexity index is 918. The van der Waals surface area contributed by atoms with Gasteiger partial charge in [0, 0.05) is 5.69 Å². The van der Waals surface area contributed by atoms with Crippen LogP contribution in [0.15, 0.2) is 42.5 Å². The summed E-state index contributed by atoms with van der Waals surface area (Å²) in [7, 11) is 1.30. The number of carbonyl (C=O) groups excluding carboxylic acids is 2. The molecule has 0 bridgehead atoms. The van der Waals surface area contributed by atoms with E-state index in [2.05, 4.69) is 20.4 Å². The van der Waals surface area contributed by atoms with E-state index in [1.807, 2.05) is 19.1 Å². The summed E-state index contributed by atoms with van der Waals surface area (Å²) in [6.45, 7) is 1.71. The van der Waals surface area contributed by atoms with Crippen molar-refractivity contribution in [1.29, 1.82) is 0 Å². The number of benzene rings is 2. The molecule has 0 aliphatic heterocycles. The van der Waals surface area contributed by atoms with E-state index in [9.17, 15) is 9.59 Å². The topological polar surface area (TPSA) is 95.3 Å². The molecule has 1 heterocycles. The number of hydrogen-bond donors (Lipinski definition) is 1. The van der Waals surface area contributed by atoms with Gasteiger partial charge in [-0.1, -0.05) is 22.5 Å². The molecule has 3 aromatic rings. The van der Waals surface area contributed by atoms with Crippen LogP contribution in [0.25, 0.3) is 11.0 Å². The number of fused-ring (bicyclic) bond motifs is 1. The van der Waals surface area contributed by atoms with Crippen LogP contribution in [0.1, 0.15) is 15.9 Å². The van der Waals surface area contributed by atoms with E-state index in [4.69, 9.17) is 4.84 Å². The normalized spacial score (nSPS) is 10.5. The standard InChI is InChI=1S/C17H16N4O4/c1-11-3-6-13(7-4-11)18-16(22)10-25-21-15-9-12(17(23)24-2)5-8-14(15)19-20-21/h3-9H,10H2,1-2H3,(H,18,22). The molecule has 1 aromatic heterocycles. The maximum atomic E-state index is 12.0. The van der Waals surface area contributed by atoms with Crippen molar-refractivity contribution in [1.82, 2.24) is 15.2 Å². The lowest BCUT2D eigenvalue weighted by Crippen LogP contribution is -2.26. The number of rotatable bonds is 5. The van der Waals surface area contributed by atoms with Crippen LogP contribution in [0.4, 0.5) is 5.69 Å². The molecule has 0 aliphatic rings. The van der Waals surface area contributed by atoms with Gasteiger partial charge in [-0.15, -0.1) is 5.10 Å². The predicted octanol–water partition coefficient (Wildman–Crippen LogP) is 1.59. The first kappa shape index (κ1) is 16.4. The lowest BCUT2D eigenvalue weighted by atomic mass is 10.2. The second-order valence-electron chi connectivity index (χ2n) is 5.35. The zero-order chi connectivity index (χ0) is 17.8. The molecular weight excluding hydrogens is 324 g/mol. The molecule has 0 saturated heterocycles. The number of hydrogen-bond acceptors (Lipinski definition) is 6. The van der Waals surface area contributed by atoms with Crippen molar-refractivity contribution in [3.63, 3.8) is 0 Å². The van der Waals surface area contributed by atoms with Crippen molar-refractivity contribution in [3.8, 4) is 0 Å². The fraction of sp³-hybridized carbons (Fsp3) is 0.176. The number of nitrogens with zero attached hydrogens (tertiary/aromatic N) is 3. The Balaban J connectivity index is 1.69. The van der Waals surface area contributed by atoms with Gasteiger partial charge in [0.15, 0.2) is 6.61 Å². The van der Waals surface area contributed by atoms with Gasteiger partial charge in [-0.25, -0.2) is 4.79 Å². The zero-order valence-corrected chi connectivity index (χ0v) is 13.7. The number of ether oxygens (including phenoxy) is 1. The van der Waals surface area contributed by atoms with Crippen LogP contribution in [0.3, 0.4) is 0 Å². The number of aryl methyl sites for hydroxylation is 1. The van der Waals surface area contributed by atoms with Crippen LogP contribution >= 0.6 is 0 Å². The summed E-state index contributed by atoms with van der Waals surface area (Å²) in [5.41, 5.74) is 3.12. The van der Waals surface area contributed by atoms with Crippen LogP contribution in [-0.2, 0) is 9.53 Å². The van der Waals surface area contributed by atoms with E-state index in [0.717, 1.165) is 10.4 Å². The fourth-order valence-corrected chi connectivity index (χ4v) is 2.19. The molecule has 0 fully saturated rings. The number of aromatic nitrogens is 3. The third kappa shape index (κ3) is 3.74. The molecule has 1 amide bonds. The van der Waals surface area contributed by atoms with Gasteiger partial charge >= 0.3 is 5.97 Å². The van der Waals surface area contributed by atoms with Crippen molar-refractivity contribution < 1.29 is 19.2 Å². The molecular formula is C17H16N4O4. The number of esters is 1. The van der Waals surface area contributed by atoms with Crippen molar-refractivity contribution >= 4 is 28.6 Å². The van der Waals surface area contributed by atoms with Crippen molar-refractivity contribution in [2.45, 2.75) is 6.92 Å². The van der Waals surface area contributed by atoms with Crippen LogP contribution < -0.4 is 10.2 Å². The molecule has 8 nitrogen and oxygen atoms in total. The number of methoxy groups -OCH3 is 1. The van der Waals surface area contributed by atoms with E-state index in [-0.39, 0.29) is 12.5 Å². The van der Waals surface area contributed by atoms with Gasteiger partial charge < -0.3 is 14.9 Å². The third-order valence-corrected chi connectivity index (χ3v) is 3.49. The summed E-state index contributed by atoms with van der Waals surface area (Å²) in [6.07, 6.45) is 0. The molecule has 0 atom stereocenters. The summed E-state index contributed by atoms with van der Waals surface area (Å²) in [4.78, 5) is 30.1. The Hall–Kier alpha value is -3.42. The second-order valence-corrected chi connectivity index (χ2v) is 5.35. The molecule has 25 heavy (non-hydrogen) atoms. The van der Waals surface area contributed by atoms with E-state index >= 15 is 0 Å². The second kappa shape index (κ2) is 7.00. The van der Waals surface area contributed by atoms with Crippen LogP contribution in [0, 0.1) is 6.92 Å². The Morgan fingerprint density at radius 2 is 1.92 bits per heavy atom. The third-order valence-electron chi connectivity index (χ3n) is 3.49. The molecule has 1 N–H and O–H groups in total. The lowest BCUT2D eigenvalue weighted by Gasteiger charge is -2.07.